The van der Waals surface area contributed by atoms with Gasteiger partial charge in [0.15, 0.2) is 5.96 Å². The van der Waals surface area contributed by atoms with Gasteiger partial charge in [0.2, 0.25) is 0 Å². The Morgan fingerprint density at radius 1 is 1.33 bits per heavy atom. The number of benzene rings is 1. The van der Waals surface area contributed by atoms with Gasteiger partial charge in [-0.1, -0.05) is 12.1 Å². The highest BCUT2D eigenvalue weighted by atomic mass is 127. The molecule has 1 fully saturated rings. The van der Waals surface area contributed by atoms with Gasteiger partial charge in [0.05, 0.1) is 19.7 Å². The number of aryl methyl sites for hydroxylation is 2. The highest BCUT2D eigenvalue weighted by Crippen LogP contribution is 2.30. The van der Waals surface area contributed by atoms with E-state index in [1.807, 2.05) is 7.05 Å². The van der Waals surface area contributed by atoms with E-state index in [1.165, 1.54) is 18.4 Å². The van der Waals surface area contributed by atoms with Crippen molar-refractivity contribution in [1.29, 1.82) is 0 Å². The van der Waals surface area contributed by atoms with Gasteiger partial charge in [-0.05, 0) is 44.2 Å². The van der Waals surface area contributed by atoms with Crippen molar-refractivity contribution in [2.75, 3.05) is 13.2 Å². The fourth-order valence-electron chi connectivity index (χ4n) is 2.57. The van der Waals surface area contributed by atoms with E-state index in [0.717, 1.165) is 42.2 Å². The van der Waals surface area contributed by atoms with Crippen LogP contribution in [0.15, 0.2) is 29.5 Å². The lowest BCUT2D eigenvalue weighted by Gasteiger charge is -2.13. The van der Waals surface area contributed by atoms with E-state index < -0.39 is 0 Å². The molecule has 1 heterocycles. The van der Waals surface area contributed by atoms with E-state index in [0.29, 0.717) is 13.1 Å². The Morgan fingerprint density at radius 3 is 2.81 bits per heavy atom. The molecule has 0 spiro atoms. The fraction of sp³-hybridized carbons (Fsp3) is 0.526. The van der Waals surface area contributed by atoms with E-state index in [2.05, 4.69) is 52.8 Å². The van der Waals surface area contributed by atoms with Crippen molar-refractivity contribution in [1.82, 2.24) is 25.4 Å². The first-order chi connectivity index (χ1) is 12.7. The van der Waals surface area contributed by atoms with Crippen LogP contribution in [-0.4, -0.2) is 33.9 Å². The highest BCUT2D eigenvalue weighted by molar-refractivity contribution is 14.0. The summed E-state index contributed by atoms with van der Waals surface area (Å²) >= 11 is 0. The minimum atomic E-state index is 0. The summed E-state index contributed by atoms with van der Waals surface area (Å²) in [5.74, 6) is 3.30. The number of ether oxygens (including phenoxy) is 1. The number of hydrogen-bond donors (Lipinski definition) is 2. The fourth-order valence-corrected chi connectivity index (χ4v) is 2.57. The van der Waals surface area contributed by atoms with Crippen LogP contribution in [0.4, 0.5) is 0 Å². The van der Waals surface area contributed by atoms with Gasteiger partial charge in [0, 0.05) is 19.2 Å². The first kappa shape index (κ1) is 21.5. The molecule has 0 bridgehead atoms. The van der Waals surface area contributed by atoms with Gasteiger partial charge in [-0.3, -0.25) is 4.68 Å². The molecule has 148 valence electrons. The Bertz CT molecular complexity index is 756. The lowest BCUT2D eigenvalue weighted by atomic mass is 10.1. The molecule has 1 saturated carbocycles. The van der Waals surface area contributed by atoms with Gasteiger partial charge < -0.3 is 15.4 Å². The number of rotatable bonds is 8. The average Bonchev–Trinajstić information content (AvgIpc) is 3.37. The third-order valence-electron chi connectivity index (χ3n) is 4.36. The molecule has 2 N–H and O–H groups in total. The third kappa shape index (κ3) is 6.67. The zero-order valence-electron chi connectivity index (χ0n) is 16.2. The predicted octanol–water partition coefficient (Wildman–Crippen LogP) is 2.79. The van der Waals surface area contributed by atoms with Crippen LogP contribution in [0.3, 0.4) is 0 Å². The van der Waals surface area contributed by atoms with Crippen molar-refractivity contribution in [2.45, 2.75) is 39.8 Å². The van der Waals surface area contributed by atoms with Crippen molar-refractivity contribution in [3.8, 4) is 5.75 Å². The van der Waals surface area contributed by atoms with Gasteiger partial charge >= 0.3 is 0 Å². The van der Waals surface area contributed by atoms with Crippen molar-refractivity contribution in [3.63, 3.8) is 0 Å². The molecule has 1 aromatic carbocycles. The number of nitrogens with one attached hydrogen (secondary N) is 2. The van der Waals surface area contributed by atoms with Crippen molar-refractivity contribution >= 4 is 29.9 Å². The van der Waals surface area contributed by atoms with Crippen LogP contribution in [0.2, 0.25) is 0 Å². The van der Waals surface area contributed by atoms with Gasteiger partial charge in [0.25, 0.3) is 0 Å². The molecular weight excluding hydrogens is 455 g/mol. The molecule has 0 aliphatic heterocycles. The summed E-state index contributed by atoms with van der Waals surface area (Å²) in [5, 5.41) is 10.6. The Hall–Kier alpha value is -1.84. The maximum Gasteiger partial charge on any atom is 0.191 e. The predicted molar refractivity (Wildman–Crippen MR) is 117 cm³/mol. The molecule has 7 nitrogen and oxygen atoms in total. The summed E-state index contributed by atoms with van der Waals surface area (Å²) < 4.78 is 7.79. The van der Waals surface area contributed by atoms with Gasteiger partial charge in [-0.2, -0.15) is 5.10 Å². The van der Waals surface area contributed by atoms with Crippen LogP contribution in [0.25, 0.3) is 0 Å². The van der Waals surface area contributed by atoms with E-state index in [1.54, 1.807) is 11.0 Å². The molecule has 3 rings (SSSR count). The Morgan fingerprint density at radius 2 is 2.15 bits per heavy atom. The van der Waals surface area contributed by atoms with Crippen LogP contribution in [0, 0.1) is 12.8 Å². The van der Waals surface area contributed by atoms with E-state index >= 15 is 0 Å². The van der Waals surface area contributed by atoms with E-state index in [-0.39, 0.29) is 24.0 Å². The number of nitrogens with zero attached hydrogens (tertiary/aromatic N) is 4. The highest BCUT2D eigenvalue weighted by Gasteiger charge is 2.22. The zero-order valence-corrected chi connectivity index (χ0v) is 18.6. The van der Waals surface area contributed by atoms with E-state index in [4.69, 9.17) is 9.73 Å². The van der Waals surface area contributed by atoms with Gasteiger partial charge in [0.1, 0.15) is 17.9 Å². The number of hydrogen-bond acceptors (Lipinski definition) is 4. The molecule has 0 unspecified atom stereocenters. The van der Waals surface area contributed by atoms with Crippen LogP contribution < -0.4 is 15.4 Å². The maximum absolute atomic E-state index is 6.04. The number of guanidine groups is 1. The second-order valence-corrected chi connectivity index (χ2v) is 6.71. The first-order valence-corrected chi connectivity index (χ1v) is 9.23. The van der Waals surface area contributed by atoms with Crippen LogP contribution >= 0.6 is 24.0 Å². The average molecular weight is 484 g/mol. The summed E-state index contributed by atoms with van der Waals surface area (Å²) in [5.41, 5.74) is 2.31. The topological polar surface area (TPSA) is 76.4 Å². The van der Waals surface area contributed by atoms with Crippen molar-refractivity contribution in [3.05, 3.63) is 41.5 Å². The van der Waals surface area contributed by atoms with Crippen LogP contribution in [0.5, 0.6) is 5.75 Å². The largest absolute Gasteiger partial charge is 0.493 e. The van der Waals surface area contributed by atoms with E-state index in [9.17, 15) is 0 Å². The molecule has 1 aliphatic rings. The lowest BCUT2D eigenvalue weighted by Crippen LogP contribution is -2.37. The summed E-state index contributed by atoms with van der Waals surface area (Å²) in [4.78, 5) is 8.93. The maximum atomic E-state index is 6.04. The minimum absolute atomic E-state index is 0. The quantitative estimate of drug-likeness (QED) is 0.343. The monoisotopic (exact) mass is 484 g/mol. The minimum Gasteiger partial charge on any atom is -0.493 e. The second-order valence-electron chi connectivity index (χ2n) is 6.71. The summed E-state index contributed by atoms with van der Waals surface area (Å²) in [6, 6.07) is 6.31. The first-order valence-electron chi connectivity index (χ1n) is 9.23. The van der Waals surface area contributed by atoms with Crippen LogP contribution in [-0.2, 0) is 20.1 Å². The number of halogens is 1. The SMILES string of the molecule is CCNC(=NCc1ccc(C)cc1OCC1CC1)NCc1ncnn1C.I. The molecule has 8 heteroatoms. The number of aliphatic imine (C=N–C) groups is 1. The standard InChI is InChI=1S/C19H28N6O.HI/c1-4-20-19(22-11-18-23-13-24-25(18)3)21-10-16-8-5-14(2)9-17(16)26-12-15-6-7-15;/h5,8-9,13,15H,4,6-7,10-12H2,1-3H3,(H2,20,21,22);1H. The second kappa shape index (κ2) is 10.5. The summed E-state index contributed by atoms with van der Waals surface area (Å²) in [6.07, 6.45) is 4.13. The molecule has 0 saturated heterocycles. The molecule has 1 aliphatic carbocycles. The van der Waals surface area contributed by atoms with Crippen LogP contribution in [0.1, 0.15) is 36.7 Å². The lowest BCUT2D eigenvalue weighted by molar-refractivity contribution is 0.296. The molecular formula is C19H29IN6O. The summed E-state index contributed by atoms with van der Waals surface area (Å²) in [7, 11) is 1.88. The van der Waals surface area contributed by atoms with Crippen molar-refractivity contribution < 1.29 is 4.74 Å². The molecule has 1 aromatic heterocycles. The smallest absolute Gasteiger partial charge is 0.191 e. The normalized spacial score (nSPS) is 13.8. The summed E-state index contributed by atoms with van der Waals surface area (Å²) in [6.45, 7) is 6.88. The van der Waals surface area contributed by atoms with Gasteiger partial charge in [-0.25, -0.2) is 9.98 Å². The molecule has 2 aromatic rings. The molecule has 0 amide bonds. The van der Waals surface area contributed by atoms with Gasteiger partial charge in [-0.15, -0.1) is 24.0 Å². The Labute approximate surface area is 178 Å². The molecule has 0 atom stereocenters. The molecule has 0 radical (unpaired) electrons. The zero-order chi connectivity index (χ0) is 18.4. The number of aromatic nitrogens is 3. The third-order valence-corrected chi connectivity index (χ3v) is 4.36. The Kier molecular flexibility index (Phi) is 8.33. The van der Waals surface area contributed by atoms with Crippen molar-refractivity contribution in [2.24, 2.45) is 18.0 Å². The Balaban J connectivity index is 0.00000261. The molecule has 27 heavy (non-hydrogen) atoms.